The zero-order valence-corrected chi connectivity index (χ0v) is 23.7. The van der Waals surface area contributed by atoms with Gasteiger partial charge in [-0.3, -0.25) is 4.57 Å². The maximum Gasteiger partial charge on any atom is 0.235 e. The molecule has 4 heterocycles. The van der Waals surface area contributed by atoms with Crippen LogP contribution in [0.25, 0.3) is 91.9 Å². The number of fused-ring (bicyclic) bond motifs is 12. The van der Waals surface area contributed by atoms with Gasteiger partial charge in [-0.1, -0.05) is 103 Å². The summed E-state index contributed by atoms with van der Waals surface area (Å²) in [5.74, 6) is 0.675. The summed E-state index contributed by atoms with van der Waals surface area (Å²) in [6.45, 7) is 0. The van der Waals surface area contributed by atoms with Gasteiger partial charge in [-0.15, -0.1) is 11.3 Å². The Morgan fingerprint density at radius 3 is 2.14 bits per heavy atom. The molecule has 43 heavy (non-hydrogen) atoms. The lowest BCUT2D eigenvalue weighted by Gasteiger charge is -2.12. The number of hydrogen-bond donors (Lipinski definition) is 1. The van der Waals surface area contributed by atoms with Gasteiger partial charge in [0.05, 0.1) is 32.5 Å². The van der Waals surface area contributed by atoms with Gasteiger partial charge in [-0.05, 0) is 24.3 Å². The van der Waals surface area contributed by atoms with Crippen molar-refractivity contribution in [3.05, 3.63) is 127 Å². The molecule has 0 aliphatic rings. The zero-order valence-electron chi connectivity index (χ0n) is 22.9. The molecule has 4 aromatic heterocycles. The molecule has 0 spiro atoms. The summed E-state index contributed by atoms with van der Waals surface area (Å²) < 4.78 is 4.72. The smallest absolute Gasteiger partial charge is 0.235 e. The fraction of sp³-hybridized carbons (Fsp3) is 0. The molecule has 10 aromatic rings. The van der Waals surface area contributed by atoms with Crippen LogP contribution in [0, 0.1) is 0 Å². The van der Waals surface area contributed by atoms with E-state index >= 15 is 0 Å². The predicted octanol–water partition coefficient (Wildman–Crippen LogP) is 10.4. The standard InChI is InChI=1S/C38H22N4S/c1-2-10-22(11-3-1)33-29-21-20-28-25-14-6-9-17-32(25)43-37(28)35(29)41-38(40-33)42-31-16-8-5-13-24(31)27-19-18-26-23-12-4-7-15-30(23)39-34(26)36(27)42/h1-21,39H. The molecule has 6 aromatic carbocycles. The van der Waals surface area contributed by atoms with Crippen molar-refractivity contribution in [2.75, 3.05) is 0 Å². The molecule has 1 N–H and O–H groups in total. The van der Waals surface area contributed by atoms with Gasteiger partial charge in [-0.2, -0.15) is 0 Å². The van der Waals surface area contributed by atoms with Gasteiger partial charge in [0.25, 0.3) is 0 Å². The number of nitrogens with one attached hydrogen (secondary N) is 1. The molecule has 0 bridgehead atoms. The number of para-hydroxylation sites is 2. The number of aromatic nitrogens is 4. The lowest BCUT2D eigenvalue weighted by atomic mass is 10.0. The first-order valence-corrected chi connectivity index (χ1v) is 15.3. The molecule has 5 heteroatoms. The van der Waals surface area contributed by atoms with E-state index < -0.39 is 0 Å². The van der Waals surface area contributed by atoms with Crippen LogP contribution in [-0.2, 0) is 0 Å². The van der Waals surface area contributed by atoms with E-state index in [2.05, 4.69) is 137 Å². The van der Waals surface area contributed by atoms with Gasteiger partial charge in [0.1, 0.15) is 0 Å². The Hall–Kier alpha value is -5.52. The van der Waals surface area contributed by atoms with Crippen molar-refractivity contribution in [3.63, 3.8) is 0 Å². The van der Waals surface area contributed by atoms with Crippen molar-refractivity contribution in [1.82, 2.24) is 19.5 Å². The van der Waals surface area contributed by atoms with Crippen LogP contribution in [0.15, 0.2) is 127 Å². The number of benzene rings is 6. The molecule has 200 valence electrons. The second-order valence-electron chi connectivity index (χ2n) is 11.1. The van der Waals surface area contributed by atoms with Gasteiger partial charge in [0.2, 0.25) is 5.95 Å². The summed E-state index contributed by atoms with van der Waals surface area (Å²) in [5.41, 5.74) is 7.40. The molecule has 0 amide bonds. The summed E-state index contributed by atoms with van der Waals surface area (Å²) in [6, 6.07) is 45.2. The van der Waals surface area contributed by atoms with Crippen LogP contribution in [0.3, 0.4) is 0 Å². The Morgan fingerprint density at radius 2 is 1.23 bits per heavy atom. The van der Waals surface area contributed by atoms with E-state index in [0.29, 0.717) is 5.95 Å². The number of rotatable bonds is 2. The molecule has 0 saturated carbocycles. The second-order valence-corrected chi connectivity index (χ2v) is 12.1. The average molecular weight is 567 g/mol. The summed E-state index contributed by atoms with van der Waals surface area (Å²) in [7, 11) is 0. The lowest BCUT2D eigenvalue weighted by Crippen LogP contribution is -2.04. The number of hydrogen-bond acceptors (Lipinski definition) is 3. The van der Waals surface area contributed by atoms with Crippen molar-refractivity contribution < 1.29 is 0 Å². The number of H-pyrrole nitrogens is 1. The maximum absolute atomic E-state index is 5.44. The van der Waals surface area contributed by atoms with Gasteiger partial charge < -0.3 is 4.98 Å². The van der Waals surface area contributed by atoms with Crippen molar-refractivity contribution in [1.29, 1.82) is 0 Å². The maximum atomic E-state index is 5.44. The van der Waals surface area contributed by atoms with Crippen molar-refractivity contribution in [3.8, 4) is 17.2 Å². The third kappa shape index (κ3) is 3.14. The normalized spacial score (nSPS) is 12.2. The van der Waals surface area contributed by atoms with Crippen LogP contribution in [0.1, 0.15) is 0 Å². The highest BCUT2D eigenvalue weighted by molar-refractivity contribution is 7.26. The van der Waals surface area contributed by atoms with E-state index in [1.54, 1.807) is 0 Å². The third-order valence-corrected chi connectivity index (χ3v) is 9.95. The largest absolute Gasteiger partial charge is 0.353 e. The second kappa shape index (κ2) is 8.51. The SMILES string of the molecule is c1ccc(-c2nc(-n3c4ccccc4c4ccc5c6ccccc6[nH]c5c43)nc3c2ccc2c4ccccc4sc23)cc1. The molecule has 0 fully saturated rings. The van der Waals surface area contributed by atoms with Crippen molar-refractivity contribution >= 4 is 86.0 Å². The van der Waals surface area contributed by atoms with Crippen LogP contribution in [0.2, 0.25) is 0 Å². The summed E-state index contributed by atoms with van der Waals surface area (Å²) in [6.07, 6.45) is 0. The molecule has 0 atom stereocenters. The van der Waals surface area contributed by atoms with E-state index in [-0.39, 0.29) is 0 Å². The van der Waals surface area contributed by atoms with Crippen molar-refractivity contribution in [2.45, 2.75) is 0 Å². The highest BCUT2D eigenvalue weighted by atomic mass is 32.1. The fourth-order valence-electron chi connectivity index (χ4n) is 6.86. The van der Waals surface area contributed by atoms with Gasteiger partial charge in [0, 0.05) is 53.5 Å². The van der Waals surface area contributed by atoms with E-state index in [0.717, 1.165) is 44.2 Å². The van der Waals surface area contributed by atoms with Crippen LogP contribution >= 0.6 is 11.3 Å². The molecule has 0 aliphatic heterocycles. The first-order chi connectivity index (χ1) is 21.3. The Morgan fingerprint density at radius 1 is 0.535 bits per heavy atom. The first-order valence-electron chi connectivity index (χ1n) is 14.4. The highest BCUT2D eigenvalue weighted by Crippen LogP contribution is 2.42. The molecule has 0 unspecified atom stereocenters. The summed E-state index contributed by atoms with van der Waals surface area (Å²) >= 11 is 1.81. The Labute approximate surface area is 249 Å². The van der Waals surface area contributed by atoms with Crippen molar-refractivity contribution in [2.24, 2.45) is 0 Å². The first kappa shape index (κ1) is 23.1. The van der Waals surface area contributed by atoms with Crippen LogP contribution in [0.5, 0.6) is 0 Å². The molecule has 0 aliphatic carbocycles. The topological polar surface area (TPSA) is 46.5 Å². The molecule has 0 radical (unpaired) electrons. The average Bonchev–Trinajstić information content (AvgIpc) is 3.74. The summed E-state index contributed by atoms with van der Waals surface area (Å²) in [5, 5.41) is 8.34. The van der Waals surface area contributed by atoms with E-state index in [4.69, 9.17) is 9.97 Å². The van der Waals surface area contributed by atoms with Crippen LogP contribution in [-0.4, -0.2) is 19.5 Å². The number of nitrogens with zero attached hydrogens (tertiary/aromatic N) is 3. The van der Waals surface area contributed by atoms with Gasteiger partial charge >= 0.3 is 0 Å². The monoisotopic (exact) mass is 566 g/mol. The van der Waals surface area contributed by atoms with Gasteiger partial charge in [0.15, 0.2) is 0 Å². The zero-order chi connectivity index (χ0) is 28.1. The van der Waals surface area contributed by atoms with Crippen LogP contribution in [0.4, 0.5) is 0 Å². The molecular weight excluding hydrogens is 545 g/mol. The van der Waals surface area contributed by atoms with E-state index in [9.17, 15) is 0 Å². The molecule has 10 rings (SSSR count). The quantitative estimate of drug-likeness (QED) is 0.226. The molecular formula is C38H22N4S. The predicted molar refractivity (Wildman–Crippen MR) is 182 cm³/mol. The minimum absolute atomic E-state index is 0.675. The Bertz CT molecular complexity index is 2730. The van der Waals surface area contributed by atoms with E-state index in [1.165, 1.54) is 41.7 Å². The Balaban J connectivity index is 1.42. The minimum atomic E-state index is 0.675. The number of aromatic amines is 1. The molecule has 4 nitrogen and oxygen atoms in total. The van der Waals surface area contributed by atoms with E-state index in [1.807, 2.05) is 11.3 Å². The van der Waals surface area contributed by atoms with Gasteiger partial charge in [-0.25, -0.2) is 9.97 Å². The third-order valence-electron chi connectivity index (χ3n) is 8.76. The number of thiophene rings is 1. The summed E-state index contributed by atoms with van der Waals surface area (Å²) in [4.78, 5) is 14.6. The molecule has 0 saturated heterocycles. The fourth-order valence-corrected chi connectivity index (χ4v) is 8.05. The Kier molecular flexibility index (Phi) is 4.57. The lowest BCUT2D eigenvalue weighted by molar-refractivity contribution is 1.02. The minimum Gasteiger partial charge on any atom is -0.353 e. The highest BCUT2D eigenvalue weighted by Gasteiger charge is 2.21. The van der Waals surface area contributed by atoms with Crippen LogP contribution < -0.4 is 0 Å².